The molecule has 0 bridgehead atoms. The molecule has 0 aliphatic heterocycles. The maximum atomic E-state index is 12.9. The van der Waals surface area contributed by atoms with Crippen molar-refractivity contribution >= 4 is 57.6 Å². The lowest BCUT2D eigenvalue weighted by atomic mass is 10.1. The second-order valence-electron chi connectivity index (χ2n) is 9.28. The van der Waals surface area contributed by atoms with E-state index in [-0.39, 0.29) is 21.2 Å². The molecule has 0 saturated carbocycles. The second-order valence-corrected chi connectivity index (χ2v) is 11.0. The van der Waals surface area contributed by atoms with Gasteiger partial charge in [-0.15, -0.1) is 11.3 Å². The third-order valence-electron chi connectivity index (χ3n) is 6.23. The van der Waals surface area contributed by atoms with E-state index in [1.54, 1.807) is 7.11 Å². The van der Waals surface area contributed by atoms with Crippen LogP contribution in [0.2, 0.25) is 10.0 Å². The molecular formula is C30H34Cl2N2O5S. The zero-order valence-electron chi connectivity index (χ0n) is 22.9. The first-order valence-corrected chi connectivity index (χ1v) is 14.9. The number of aliphatic carboxylic acids is 1. The summed E-state index contributed by atoms with van der Waals surface area (Å²) in [6, 6.07) is 8.54. The Morgan fingerprint density at radius 2 is 1.75 bits per heavy atom. The number of unbranched alkanes of at least 4 members (excludes halogenated alkanes) is 6. The van der Waals surface area contributed by atoms with Crippen molar-refractivity contribution in [3.05, 3.63) is 62.5 Å². The number of benzene rings is 2. The molecule has 3 rings (SSSR count). The van der Waals surface area contributed by atoms with Crippen LogP contribution in [0, 0.1) is 0 Å². The Labute approximate surface area is 249 Å². The first-order valence-electron chi connectivity index (χ1n) is 13.2. The summed E-state index contributed by atoms with van der Waals surface area (Å²) in [6.45, 7) is 4.27. The Balaban J connectivity index is 1.67. The summed E-state index contributed by atoms with van der Waals surface area (Å²) in [7, 11) is 1.60. The summed E-state index contributed by atoms with van der Waals surface area (Å²) in [5.74, 6) is -0.294. The second kappa shape index (κ2) is 15.6. The van der Waals surface area contributed by atoms with Gasteiger partial charge in [-0.25, -0.2) is 9.78 Å². The lowest BCUT2D eigenvalue weighted by Gasteiger charge is -2.13. The normalized spacial score (nSPS) is 11.4. The maximum absolute atomic E-state index is 12.9. The van der Waals surface area contributed by atoms with Gasteiger partial charge >= 0.3 is 5.97 Å². The molecule has 0 saturated heterocycles. The number of hydrogen-bond donors (Lipinski definition) is 2. The number of carboxylic acid groups (broad SMARTS) is 1. The van der Waals surface area contributed by atoms with Gasteiger partial charge in [0, 0.05) is 27.6 Å². The molecule has 214 valence electrons. The van der Waals surface area contributed by atoms with Gasteiger partial charge in [0.25, 0.3) is 5.91 Å². The number of nitrogens with zero attached hydrogens (tertiary/aromatic N) is 1. The zero-order chi connectivity index (χ0) is 29.1. The van der Waals surface area contributed by atoms with Crippen molar-refractivity contribution in [3.63, 3.8) is 0 Å². The SMILES string of the molecule is CCCCCCCCCOc1cccc(-c2csc(NC(=O)c3cc(Cl)c(C=C(C)C(=O)O)c(Cl)c3)n2)c1OC. The molecule has 0 unspecified atom stereocenters. The van der Waals surface area contributed by atoms with E-state index in [9.17, 15) is 9.59 Å². The topological polar surface area (TPSA) is 97.8 Å². The molecule has 0 atom stereocenters. The maximum Gasteiger partial charge on any atom is 0.331 e. The molecule has 0 radical (unpaired) electrons. The van der Waals surface area contributed by atoms with E-state index in [1.165, 1.54) is 68.6 Å². The minimum Gasteiger partial charge on any atom is -0.492 e. The van der Waals surface area contributed by atoms with Crippen molar-refractivity contribution in [3.8, 4) is 22.8 Å². The Bertz CT molecular complexity index is 1330. The third kappa shape index (κ3) is 8.71. The van der Waals surface area contributed by atoms with Gasteiger partial charge in [0.1, 0.15) is 0 Å². The molecule has 2 N–H and O–H groups in total. The predicted molar refractivity (Wildman–Crippen MR) is 163 cm³/mol. The third-order valence-corrected chi connectivity index (χ3v) is 7.61. The van der Waals surface area contributed by atoms with Gasteiger partial charge < -0.3 is 14.6 Å². The number of aromatic nitrogens is 1. The van der Waals surface area contributed by atoms with Crippen LogP contribution >= 0.6 is 34.5 Å². The van der Waals surface area contributed by atoms with E-state index in [0.29, 0.717) is 34.5 Å². The Hall–Kier alpha value is -3.07. The van der Waals surface area contributed by atoms with Crippen LogP contribution in [0.5, 0.6) is 11.5 Å². The number of carboxylic acids is 1. The average Bonchev–Trinajstić information content (AvgIpc) is 3.39. The van der Waals surface area contributed by atoms with Crippen LogP contribution in [0.15, 0.2) is 41.3 Å². The van der Waals surface area contributed by atoms with Crippen LogP contribution in [-0.2, 0) is 4.79 Å². The Morgan fingerprint density at radius 3 is 2.40 bits per heavy atom. The van der Waals surface area contributed by atoms with Gasteiger partial charge in [-0.3, -0.25) is 10.1 Å². The van der Waals surface area contributed by atoms with Crippen molar-refractivity contribution in [1.29, 1.82) is 0 Å². The first-order chi connectivity index (χ1) is 19.2. The largest absolute Gasteiger partial charge is 0.492 e. The van der Waals surface area contributed by atoms with Crippen LogP contribution in [-0.4, -0.2) is 35.7 Å². The molecule has 0 fully saturated rings. The van der Waals surface area contributed by atoms with Crippen LogP contribution in [0.4, 0.5) is 5.13 Å². The summed E-state index contributed by atoms with van der Waals surface area (Å²) in [4.78, 5) is 28.6. The smallest absolute Gasteiger partial charge is 0.331 e. The van der Waals surface area contributed by atoms with Crippen LogP contribution in [0.25, 0.3) is 17.3 Å². The monoisotopic (exact) mass is 604 g/mol. The highest BCUT2D eigenvalue weighted by molar-refractivity contribution is 7.14. The Kier molecular flexibility index (Phi) is 12.3. The number of halogens is 2. The van der Waals surface area contributed by atoms with Crippen LogP contribution in [0.1, 0.15) is 74.7 Å². The minimum atomic E-state index is -1.09. The lowest BCUT2D eigenvalue weighted by molar-refractivity contribution is -0.132. The minimum absolute atomic E-state index is 0.0685. The van der Waals surface area contributed by atoms with Crippen molar-refractivity contribution in [2.75, 3.05) is 19.0 Å². The van der Waals surface area contributed by atoms with Crippen molar-refractivity contribution in [2.24, 2.45) is 0 Å². The van der Waals surface area contributed by atoms with Crippen molar-refractivity contribution < 1.29 is 24.2 Å². The number of anilines is 1. The fourth-order valence-electron chi connectivity index (χ4n) is 4.04. The fraction of sp³-hybridized carbons (Fsp3) is 0.367. The number of carbonyl (C=O) groups excluding carboxylic acids is 1. The van der Waals surface area contributed by atoms with Gasteiger partial charge in [-0.1, -0.05) is 74.7 Å². The lowest BCUT2D eigenvalue weighted by Crippen LogP contribution is -2.12. The van der Waals surface area contributed by atoms with E-state index in [2.05, 4.69) is 17.2 Å². The molecular weight excluding hydrogens is 571 g/mol. The van der Waals surface area contributed by atoms with E-state index < -0.39 is 11.9 Å². The molecule has 1 aromatic heterocycles. The summed E-state index contributed by atoms with van der Waals surface area (Å²) >= 11 is 13.9. The number of amides is 1. The zero-order valence-corrected chi connectivity index (χ0v) is 25.2. The molecule has 0 aliphatic carbocycles. The van der Waals surface area contributed by atoms with Crippen molar-refractivity contribution in [1.82, 2.24) is 4.98 Å². The van der Waals surface area contributed by atoms with E-state index in [4.69, 9.17) is 37.8 Å². The van der Waals surface area contributed by atoms with E-state index in [0.717, 1.165) is 18.4 Å². The molecule has 10 heteroatoms. The number of hydrogen-bond acceptors (Lipinski definition) is 6. The summed E-state index contributed by atoms with van der Waals surface area (Å²) in [5, 5.41) is 14.4. The van der Waals surface area contributed by atoms with Gasteiger partial charge in [-0.05, 0) is 43.7 Å². The molecule has 1 heterocycles. The summed E-state index contributed by atoms with van der Waals surface area (Å²) < 4.78 is 11.7. The highest BCUT2D eigenvalue weighted by atomic mass is 35.5. The molecule has 40 heavy (non-hydrogen) atoms. The van der Waals surface area contributed by atoms with Gasteiger partial charge in [0.05, 0.1) is 29.5 Å². The standard InChI is InChI=1S/C30H34Cl2N2O5S/c1-4-5-6-7-8-9-10-14-39-26-13-11-12-21(27(26)38-3)25-18-40-30(33-25)34-28(35)20-16-23(31)22(24(32)17-20)15-19(2)29(36)37/h11-13,15-18H,4-10,14H2,1-3H3,(H,36,37)(H,33,34,35). The first kappa shape index (κ1) is 31.5. The number of para-hydroxylation sites is 1. The number of carbonyl (C=O) groups is 2. The van der Waals surface area contributed by atoms with Gasteiger partial charge in [-0.2, -0.15) is 0 Å². The number of ether oxygens (including phenoxy) is 2. The quantitative estimate of drug-likeness (QED) is 0.133. The number of rotatable bonds is 15. The fourth-order valence-corrected chi connectivity index (χ4v) is 5.34. The number of nitrogens with one attached hydrogen (secondary N) is 1. The number of thiazole rings is 1. The highest BCUT2D eigenvalue weighted by Crippen LogP contribution is 2.39. The molecule has 3 aromatic rings. The summed E-state index contributed by atoms with van der Waals surface area (Å²) in [6.07, 6.45) is 9.81. The average molecular weight is 606 g/mol. The molecule has 7 nitrogen and oxygen atoms in total. The predicted octanol–water partition coefficient (Wildman–Crippen LogP) is 9.00. The molecule has 0 spiro atoms. The van der Waals surface area contributed by atoms with Crippen molar-refractivity contribution in [2.45, 2.75) is 58.8 Å². The molecule has 1 amide bonds. The van der Waals surface area contributed by atoms with Gasteiger partial charge in [0.15, 0.2) is 16.6 Å². The van der Waals surface area contributed by atoms with Crippen LogP contribution < -0.4 is 14.8 Å². The molecule has 2 aromatic carbocycles. The highest BCUT2D eigenvalue weighted by Gasteiger charge is 2.18. The Morgan fingerprint density at radius 1 is 1.07 bits per heavy atom. The van der Waals surface area contributed by atoms with E-state index in [1.807, 2.05) is 23.6 Å². The summed E-state index contributed by atoms with van der Waals surface area (Å²) in [5.41, 5.74) is 2.01. The van der Waals surface area contributed by atoms with Crippen LogP contribution in [0.3, 0.4) is 0 Å². The van der Waals surface area contributed by atoms with E-state index >= 15 is 0 Å². The van der Waals surface area contributed by atoms with Gasteiger partial charge in [0.2, 0.25) is 0 Å². The number of methoxy groups -OCH3 is 1. The molecule has 0 aliphatic rings.